The second-order valence-electron chi connectivity index (χ2n) is 14.6. The van der Waals surface area contributed by atoms with Crippen LogP contribution in [0.2, 0.25) is 0 Å². The van der Waals surface area contributed by atoms with Gasteiger partial charge in [0.25, 0.3) is 5.56 Å². The van der Waals surface area contributed by atoms with Crippen LogP contribution in [0.3, 0.4) is 0 Å². The van der Waals surface area contributed by atoms with Crippen LogP contribution in [0, 0.1) is 0 Å². The summed E-state index contributed by atoms with van der Waals surface area (Å²) in [4.78, 5) is 80.5. The van der Waals surface area contributed by atoms with Gasteiger partial charge in [0.15, 0.2) is 40.9 Å². The predicted molar refractivity (Wildman–Crippen MR) is 233 cm³/mol. The lowest BCUT2D eigenvalue weighted by molar-refractivity contribution is -0.150. The van der Waals surface area contributed by atoms with E-state index in [0.717, 1.165) is 34.2 Å². The summed E-state index contributed by atoms with van der Waals surface area (Å²) in [6, 6.07) is 9.93. The number of hydrogen-bond donors (Lipinski definition) is 8. The summed E-state index contributed by atoms with van der Waals surface area (Å²) in [5.74, 6) is 1.36. The topological polar surface area (TPSA) is 383 Å². The number of H-pyrrole nitrogens is 1. The molecule has 5 unspecified atom stereocenters. The van der Waals surface area contributed by atoms with Gasteiger partial charge in [-0.3, -0.25) is 32.4 Å². The van der Waals surface area contributed by atoms with Gasteiger partial charge in [-0.05, 0) is 18.2 Å². The molecule has 3 aliphatic heterocycles. The van der Waals surface area contributed by atoms with Crippen LogP contribution in [0.5, 0.6) is 0 Å². The molecule has 3 aromatic heterocycles. The number of nitrogens with zero attached hydrogens (tertiary/aromatic N) is 5. The van der Waals surface area contributed by atoms with Gasteiger partial charge in [0, 0.05) is 36.7 Å². The number of alkyl halides is 1. The number of fused-ring (bicyclic) bond motifs is 2. The van der Waals surface area contributed by atoms with Gasteiger partial charge in [0.1, 0.15) is 36.6 Å². The standard InChI is InChI=1S/C33H44FN7O21P4S2/c1-67-13-10-35-28-23-29(39-32(38-28)68-12-5-9-34)41(17-36-23)30-25(44)24(43)19(56-30)15-54-63(46,47)60-65(50,51)62-66(52,53)61-64(48,49)55-16-20-26-27(31(57-20)40-11-8-21(42)37-33(40)45)59-22(58-26)14-18-6-3-2-4-7-18/h2-4,6-8,11,17,19-20,22,24-27,30-31,43-44H,5,9-10,12-16H2,1H3,(H,46,47)(H,48,49)(H,50,51)(H,52,53)(H,35,38,39)(H,37,42,45)/t19-,20-,22?,24-,25-,26-,27-,30-,31-/m1/s1. The van der Waals surface area contributed by atoms with E-state index in [4.69, 9.17) is 23.5 Å². The highest BCUT2D eigenvalue weighted by molar-refractivity contribution is 7.99. The van der Waals surface area contributed by atoms with Gasteiger partial charge < -0.3 is 54.1 Å². The molecule has 0 amide bonds. The quantitative estimate of drug-likeness (QED) is 0.0215. The summed E-state index contributed by atoms with van der Waals surface area (Å²) >= 11 is 2.71. The van der Waals surface area contributed by atoms with Crippen LogP contribution in [0.25, 0.3) is 11.2 Å². The predicted octanol–water partition coefficient (Wildman–Crippen LogP) is 1.96. The van der Waals surface area contributed by atoms with Crippen LogP contribution in [0.15, 0.2) is 63.7 Å². The van der Waals surface area contributed by atoms with Crippen molar-refractivity contribution in [2.45, 2.75) is 73.4 Å². The highest BCUT2D eigenvalue weighted by Crippen LogP contribution is 2.71. The number of aromatic amines is 1. The number of benzene rings is 1. The highest BCUT2D eigenvalue weighted by Gasteiger charge is 2.55. The summed E-state index contributed by atoms with van der Waals surface area (Å²) in [7, 11) is -24.1. The van der Waals surface area contributed by atoms with E-state index in [2.05, 4.69) is 42.7 Å². The number of ether oxygens (including phenoxy) is 4. The first-order chi connectivity index (χ1) is 32.2. The molecule has 13 atom stereocenters. The van der Waals surface area contributed by atoms with Crippen molar-refractivity contribution >= 4 is 71.8 Å². The number of aliphatic hydroxyl groups is 2. The molecule has 0 bridgehead atoms. The Morgan fingerprint density at radius 2 is 1.46 bits per heavy atom. The van der Waals surface area contributed by atoms with Crippen molar-refractivity contribution in [1.29, 1.82) is 0 Å². The Bertz CT molecular complexity index is 2710. The van der Waals surface area contributed by atoms with Crippen molar-refractivity contribution in [3.8, 4) is 0 Å². The van der Waals surface area contributed by atoms with E-state index < -0.39 is 118 Å². The molecule has 1 aromatic carbocycles. The third-order valence-corrected chi connectivity index (χ3v) is 17.3. The van der Waals surface area contributed by atoms with Crippen LogP contribution in [-0.4, -0.2) is 146 Å². The minimum atomic E-state index is -6.25. The fourth-order valence-electron chi connectivity index (χ4n) is 6.95. The summed E-state index contributed by atoms with van der Waals surface area (Å²) < 4.78 is 111. The zero-order chi connectivity index (χ0) is 49.0. The van der Waals surface area contributed by atoms with E-state index >= 15 is 0 Å². The van der Waals surface area contributed by atoms with Gasteiger partial charge in [-0.2, -0.15) is 24.7 Å². The van der Waals surface area contributed by atoms with Crippen molar-refractivity contribution < 1.29 is 93.4 Å². The third kappa shape index (κ3) is 13.4. The molecular weight excluding hydrogens is 1040 g/mol. The molecule has 0 spiro atoms. The smallest absolute Gasteiger partial charge is 0.387 e. The summed E-state index contributed by atoms with van der Waals surface area (Å²) in [5, 5.41) is 25.1. The van der Waals surface area contributed by atoms with Crippen molar-refractivity contribution in [3.05, 3.63) is 75.3 Å². The van der Waals surface area contributed by atoms with Gasteiger partial charge in [-0.1, -0.05) is 42.1 Å². The number of rotatable bonds is 24. The Morgan fingerprint density at radius 1 is 0.809 bits per heavy atom. The number of imidazole rings is 1. The number of nitrogens with one attached hydrogen (secondary N) is 2. The molecule has 6 heterocycles. The average Bonchev–Trinajstić information content (AvgIpc) is 4.01. The first kappa shape index (κ1) is 53.0. The monoisotopic (exact) mass is 1080 g/mol. The molecule has 68 heavy (non-hydrogen) atoms. The van der Waals surface area contributed by atoms with Gasteiger partial charge in [0.2, 0.25) is 0 Å². The van der Waals surface area contributed by atoms with E-state index in [1.807, 2.05) is 6.26 Å². The van der Waals surface area contributed by atoms with Crippen molar-refractivity contribution in [2.24, 2.45) is 0 Å². The van der Waals surface area contributed by atoms with E-state index in [1.54, 1.807) is 42.1 Å². The molecule has 4 aromatic rings. The minimum Gasteiger partial charge on any atom is -0.387 e. The Kier molecular flexibility index (Phi) is 17.4. The fourth-order valence-corrected chi connectivity index (χ4v) is 13.0. The number of phosphoric acid groups is 4. The Labute approximate surface area is 391 Å². The first-order valence-electron chi connectivity index (χ1n) is 19.9. The zero-order valence-electron chi connectivity index (χ0n) is 35.0. The third-order valence-electron chi connectivity index (χ3n) is 9.82. The molecule has 376 valence electrons. The fraction of sp³-hybridized carbons (Fsp3) is 0.545. The van der Waals surface area contributed by atoms with E-state index in [0.29, 0.717) is 23.9 Å². The zero-order valence-corrected chi connectivity index (χ0v) is 40.2. The van der Waals surface area contributed by atoms with Gasteiger partial charge in [-0.25, -0.2) is 38.0 Å². The highest BCUT2D eigenvalue weighted by atomic mass is 32.2. The normalized spacial score (nSPS) is 28.4. The van der Waals surface area contributed by atoms with Gasteiger partial charge >= 0.3 is 37.0 Å². The summed E-state index contributed by atoms with van der Waals surface area (Å²) in [6.45, 7) is -2.19. The molecule has 35 heteroatoms. The van der Waals surface area contributed by atoms with E-state index in [1.165, 1.54) is 10.9 Å². The summed E-state index contributed by atoms with van der Waals surface area (Å²) in [6.07, 6.45) is -7.86. The molecule has 28 nitrogen and oxygen atoms in total. The van der Waals surface area contributed by atoms with Crippen LogP contribution in [0.4, 0.5) is 10.2 Å². The number of thioether (sulfide) groups is 2. The van der Waals surface area contributed by atoms with Crippen LogP contribution < -0.4 is 16.6 Å². The molecule has 7 rings (SSSR count). The molecule has 3 saturated heterocycles. The number of aliphatic hydroxyl groups excluding tert-OH is 2. The van der Waals surface area contributed by atoms with Crippen LogP contribution >= 0.6 is 54.8 Å². The number of halogens is 1. The van der Waals surface area contributed by atoms with E-state index in [-0.39, 0.29) is 29.2 Å². The lowest BCUT2D eigenvalue weighted by Gasteiger charge is -2.23. The molecular formula is C33H44FN7O21P4S2. The minimum absolute atomic E-state index is 0.120. The van der Waals surface area contributed by atoms with Gasteiger partial charge in [0.05, 0.1) is 26.2 Å². The van der Waals surface area contributed by atoms with Crippen LogP contribution in [-0.2, 0) is 65.6 Å². The Hall–Kier alpha value is -2.80. The second-order valence-corrected chi connectivity index (χ2v) is 22.9. The van der Waals surface area contributed by atoms with Crippen molar-refractivity contribution in [3.63, 3.8) is 0 Å². The number of phosphoric ester groups is 2. The Morgan fingerprint density at radius 3 is 2.12 bits per heavy atom. The summed E-state index contributed by atoms with van der Waals surface area (Å²) in [5.41, 5.74) is -0.478. The van der Waals surface area contributed by atoms with Crippen molar-refractivity contribution in [1.82, 2.24) is 29.1 Å². The van der Waals surface area contributed by atoms with E-state index in [9.17, 15) is 62.0 Å². The maximum absolute atomic E-state index is 12.9. The number of anilines is 1. The second kappa shape index (κ2) is 22.3. The SMILES string of the molecule is CSCCNc1nc(SCCCF)nc2c1ncn2[C@@H]1O[C@H](COP(=O)(O)OP(=O)(O)OP(=O)(O)OP(=O)(O)OC[C@H]2O[C@@H](n3ccc(=O)[nH]c3=O)[C@@H]3OC(Cc4ccccc4)O[C@@H]32)[C@@H](O)[C@H]1O. The first-order valence-corrected chi connectivity index (χ1v) is 28.3. The maximum Gasteiger partial charge on any atom is 0.490 e. The van der Waals surface area contributed by atoms with Gasteiger partial charge in [-0.15, -0.1) is 0 Å². The lowest BCUT2D eigenvalue weighted by atomic mass is 10.1. The lowest BCUT2D eigenvalue weighted by Crippen LogP contribution is -2.36. The average molecular weight is 1080 g/mol. The molecule has 0 aliphatic carbocycles. The number of aromatic nitrogens is 6. The molecule has 3 aliphatic rings. The maximum atomic E-state index is 12.9. The molecule has 8 N–H and O–H groups in total. The van der Waals surface area contributed by atoms with Crippen molar-refractivity contribution in [2.75, 3.05) is 49.5 Å². The Balaban J connectivity index is 0.948. The van der Waals surface area contributed by atoms with Crippen LogP contribution in [0.1, 0.15) is 24.4 Å². The number of hydrogen-bond acceptors (Lipinski definition) is 23. The molecule has 3 fully saturated rings. The molecule has 0 radical (unpaired) electrons. The largest absolute Gasteiger partial charge is 0.490 e. The molecule has 0 saturated carbocycles.